The van der Waals surface area contributed by atoms with Crippen LogP contribution in [0.5, 0.6) is 11.5 Å². The molecule has 2 nitrogen and oxygen atoms in total. The average molecular weight is 541 g/mol. The van der Waals surface area contributed by atoms with Crippen molar-refractivity contribution in [3.63, 3.8) is 0 Å². The quantitative estimate of drug-likeness (QED) is 0.342. The molecule has 0 saturated heterocycles. The van der Waals surface area contributed by atoms with Crippen molar-refractivity contribution in [3.05, 3.63) is 44.4 Å². The van der Waals surface area contributed by atoms with Gasteiger partial charge >= 0.3 is 24.8 Å². The van der Waals surface area contributed by atoms with Gasteiger partial charge < -0.3 is 9.47 Å². The van der Waals surface area contributed by atoms with E-state index in [4.69, 9.17) is 46.4 Å². The lowest BCUT2D eigenvalue weighted by Gasteiger charge is -2.22. The predicted octanol–water partition coefficient (Wildman–Crippen LogP) is 8.54. The van der Waals surface area contributed by atoms with Gasteiger partial charge in [0.1, 0.15) is 0 Å². The summed E-state index contributed by atoms with van der Waals surface area (Å²) in [5.74, 6) is -2.33. The maximum Gasteiger partial charge on any atom is 0.499 e. The molecule has 0 aliphatic rings. The van der Waals surface area contributed by atoms with Crippen LogP contribution in [-0.4, -0.2) is 24.8 Å². The predicted molar refractivity (Wildman–Crippen MR) is 94.0 cm³/mol. The molecule has 0 heterocycles. The van der Waals surface area contributed by atoms with E-state index in [0.717, 1.165) is 18.2 Å². The van der Waals surface area contributed by atoms with E-state index >= 15 is 0 Å². The van der Waals surface area contributed by atoms with Crippen LogP contribution in [-0.2, 0) is 0 Å². The lowest BCUT2D eigenvalue weighted by molar-refractivity contribution is -0.360. The van der Waals surface area contributed by atoms with Gasteiger partial charge in [-0.3, -0.25) is 0 Å². The van der Waals surface area contributed by atoms with Crippen LogP contribution in [0.25, 0.3) is 11.1 Å². The molecule has 0 amide bonds. The summed E-state index contributed by atoms with van der Waals surface area (Å²) >= 11 is 22.8. The summed E-state index contributed by atoms with van der Waals surface area (Å²) in [5.41, 5.74) is -0.645. The number of rotatable bonds is 6. The molecule has 2 aromatic carbocycles. The summed E-state index contributed by atoms with van der Waals surface area (Å²) in [4.78, 5) is 0. The van der Waals surface area contributed by atoms with Gasteiger partial charge in [-0.05, 0) is 29.8 Å². The van der Waals surface area contributed by atoms with Crippen LogP contribution in [0, 0.1) is 6.07 Å². The van der Waals surface area contributed by atoms with Crippen molar-refractivity contribution in [1.82, 2.24) is 0 Å². The second-order valence-corrected chi connectivity index (χ2v) is 7.10. The Bertz CT molecular complexity index is 957. The molecule has 0 atom stereocenters. The molecule has 0 aliphatic carbocycles. The number of alkyl halides is 9. The van der Waals surface area contributed by atoms with E-state index < -0.39 is 56.4 Å². The minimum atomic E-state index is -6.09. The Kier molecular flexibility index (Phi) is 7.36. The van der Waals surface area contributed by atoms with E-state index in [9.17, 15) is 39.5 Å². The third kappa shape index (κ3) is 5.50. The van der Waals surface area contributed by atoms with Gasteiger partial charge in [0.25, 0.3) is 0 Å². The molecule has 31 heavy (non-hydrogen) atoms. The molecule has 0 N–H and O–H groups in total. The fourth-order valence-electron chi connectivity index (χ4n) is 1.95. The highest BCUT2D eigenvalue weighted by Crippen LogP contribution is 2.47. The van der Waals surface area contributed by atoms with E-state index in [0.29, 0.717) is 0 Å². The minimum Gasteiger partial charge on any atom is -0.425 e. The zero-order valence-corrected chi connectivity index (χ0v) is 17.1. The first-order chi connectivity index (χ1) is 14.0. The smallest absolute Gasteiger partial charge is 0.425 e. The number of benzene rings is 2. The van der Waals surface area contributed by atoms with E-state index in [2.05, 4.69) is 15.5 Å². The second-order valence-electron chi connectivity index (χ2n) is 5.50. The van der Waals surface area contributed by atoms with Gasteiger partial charge in [0, 0.05) is 5.56 Å². The van der Waals surface area contributed by atoms with Crippen molar-refractivity contribution in [2.24, 2.45) is 0 Å². The molecular formula is C16H4Cl4F9O2. The van der Waals surface area contributed by atoms with Crippen molar-refractivity contribution in [3.8, 4) is 22.6 Å². The fourth-order valence-corrected chi connectivity index (χ4v) is 3.06. The van der Waals surface area contributed by atoms with E-state index in [-0.39, 0.29) is 11.1 Å². The van der Waals surface area contributed by atoms with Crippen molar-refractivity contribution >= 4 is 46.4 Å². The Labute approximate surface area is 187 Å². The molecule has 0 aliphatic heterocycles. The molecule has 0 unspecified atom stereocenters. The summed E-state index contributed by atoms with van der Waals surface area (Å²) in [5, 5.41) is -3.14. The first-order valence-electron chi connectivity index (χ1n) is 7.35. The van der Waals surface area contributed by atoms with Crippen LogP contribution in [0.2, 0.25) is 20.1 Å². The summed E-state index contributed by atoms with van der Waals surface area (Å²) < 4.78 is 122. The topological polar surface area (TPSA) is 18.5 Å². The molecule has 0 aromatic heterocycles. The maximum absolute atomic E-state index is 13.2. The van der Waals surface area contributed by atoms with Crippen LogP contribution in [0.4, 0.5) is 39.5 Å². The van der Waals surface area contributed by atoms with Gasteiger partial charge in [0.05, 0.1) is 20.1 Å². The summed E-state index contributed by atoms with van der Waals surface area (Å²) in [6, 6.07) is 4.62. The monoisotopic (exact) mass is 539 g/mol. The lowest BCUT2D eigenvalue weighted by Crippen LogP contribution is -2.42. The third-order valence-electron chi connectivity index (χ3n) is 3.32. The number of ether oxygens (including phenoxy) is 2. The SMILES string of the molecule is FC(F)C(F)(F)Oc1c(Cl)c[c]c(-c2cc(Cl)c(OC(F)(F)C(F)(F)F)c(Cl)c2)c1Cl. The van der Waals surface area contributed by atoms with E-state index in [1.807, 2.05) is 0 Å². The van der Waals surface area contributed by atoms with E-state index in [1.165, 1.54) is 0 Å². The largest absolute Gasteiger partial charge is 0.499 e. The van der Waals surface area contributed by atoms with Crippen molar-refractivity contribution < 1.29 is 49.0 Å². The number of hydrogen-bond donors (Lipinski definition) is 0. The Morgan fingerprint density at radius 3 is 1.74 bits per heavy atom. The molecule has 0 spiro atoms. The van der Waals surface area contributed by atoms with Gasteiger partial charge in [-0.1, -0.05) is 46.4 Å². The number of halogens is 13. The molecule has 15 heteroatoms. The van der Waals surface area contributed by atoms with Gasteiger partial charge in [-0.15, -0.1) is 0 Å². The molecule has 2 rings (SSSR count). The molecule has 171 valence electrons. The molecule has 0 fully saturated rings. The summed E-state index contributed by atoms with van der Waals surface area (Å²) in [6.45, 7) is 0. The molecule has 0 bridgehead atoms. The van der Waals surface area contributed by atoms with E-state index in [1.54, 1.807) is 0 Å². The lowest BCUT2D eigenvalue weighted by atomic mass is 10.0. The van der Waals surface area contributed by atoms with Gasteiger partial charge in [-0.25, -0.2) is 0 Å². The van der Waals surface area contributed by atoms with Crippen molar-refractivity contribution in [2.75, 3.05) is 0 Å². The highest BCUT2D eigenvalue weighted by Gasteiger charge is 2.61. The number of hydrogen-bond acceptors (Lipinski definition) is 2. The maximum atomic E-state index is 13.2. The van der Waals surface area contributed by atoms with Crippen LogP contribution >= 0.6 is 46.4 Å². The molecular weight excluding hydrogens is 537 g/mol. The van der Waals surface area contributed by atoms with Crippen LogP contribution in [0.3, 0.4) is 0 Å². The standard InChI is InChI=1S/C16H4Cl4F9O2/c17-7-2-1-6(10(20)12(7)30-14(23,24)13(21)22)5-3-8(18)11(9(19)4-5)31-16(28,29)15(25,26)27/h2-4,13H. The third-order valence-corrected chi connectivity index (χ3v) is 4.52. The Hall–Kier alpha value is -1.43. The normalized spacial score (nSPS) is 13.0. The Morgan fingerprint density at radius 2 is 1.29 bits per heavy atom. The van der Waals surface area contributed by atoms with Crippen LogP contribution in [0.1, 0.15) is 0 Å². The summed E-state index contributed by atoms with van der Waals surface area (Å²) in [7, 11) is 0. The molecule has 1 radical (unpaired) electrons. The van der Waals surface area contributed by atoms with Crippen molar-refractivity contribution in [1.29, 1.82) is 0 Å². The second kappa shape index (κ2) is 8.84. The fraction of sp³-hybridized carbons (Fsp3) is 0.250. The highest BCUT2D eigenvalue weighted by atomic mass is 35.5. The first-order valence-corrected chi connectivity index (χ1v) is 8.86. The average Bonchev–Trinajstić information content (AvgIpc) is 2.60. The highest BCUT2D eigenvalue weighted by molar-refractivity contribution is 6.40. The molecule has 2 aromatic rings. The van der Waals surface area contributed by atoms with Crippen molar-refractivity contribution in [2.45, 2.75) is 24.8 Å². The minimum absolute atomic E-state index is 0.260. The Morgan fingerprint density at radius 1 is 0.774 bits per heavy atom. The molecule has 0 saturated carbocycles. The zero-order chi connectivity index (χ0) is 23.9. The van der Waals surface area contributed by atoms with Crippen LogP contribution in [0.15, 0.2) is 18.2 Å². The van der Waals surface area contributed by atoms with Crippen LogP contribution < -0.4 is 9.47 Å². The summed E-state index contributed by atoms with van der Waals surface area (Å²) in [6.07, 6.45) is -21.0. The van der Waals surface area contributed by atoms with Gasteiger partial charge in [-0.2, -0.15) is 39.5 Å². The van der Waals surface area contributed by atoms with Gasteiger partial charge in [0.2, 0.25) is 0 Å². The van der Waals surface area contributed by atoms with Gasteiger partial charge in [0.15, 0.2) is 11.5 Å². The first kappa shape index (κ1) is 25.8. The Balaban J connectivity index is 2.53. The zero-order valence-electron chi connectivity index (χ0n) is 14.0.